The van der Waals surface area contributed by atoms with Gasteiger partial charge in [-0.25, -0.2) is 4.79 Å². The number of nitrogens with zero attached hydrogens (tertiary/aromatic N) is 2. The van der Waals surface area contributed by atoms with Crippen molar-refractivity contribution in [3.63, 3.8) is 0 Å². The first-order valence-corrected chi connectivity index (χ1v) is 10.2. The zero-order valence-corrected chi connectivity index (χ0v) is 21.2. The predicted molar refractivity (Wildman–Crippen MR) is 137 cm³/mol. The SMILES string of the molecule is CN=C(NCc1ccc(C(=O)OC)c(OC)c1)NC1CCN(c2ccccc2OC)C1.I. The van der Waals surface area contributed by atoms with Crippen LogP contribution in [-0.4, -0.2) is 59.4 Å². The fourth-order valence-electron chi connectivity index (χ4n) is 3.69. The molecule has 2 aromatic rings. The molecule has 1 atom stereocenters. The molecule has 0 amide bonds. The van der Waals surface area contributed by atoms with Crippen molar-refractivity contribution in [2.75, 3.05) is 46.4 Å². The summed E-state index contributed by atoms with van der Waals surface area (Å²) in [6, 6.07) is 13.7. The number of anilines is 1. The summed E-state index contributed by atoms with van der Waals surface area (Å²) in [5.74, 6) is 1.67. The average Bonchev–Trinajstić information content (AvgIpc) is 3.29. The molecule has 32 heavy (non-hydrogen) atoms. The van der Waals surface area contributed by atoms with E-state index in [1.807, 2.05) is 30.3 Å². The van der Waals surface area contributed by atoms with E-state index in [9.17, 15) is 4.79 Å². The van der Waals surface area contributed by atoms with Crippen molar-refractivity contribution in [1.29, 1.82) is 0 Å². The van der Waals surface area contributed by atoms with Crippen LogP contribution in [0.25, 0.3) is 0 Å². The number of carbonyl (C=O) groups is 1. The van der Waals surface area contributed by atoms with Crippen molar-refractivity contribution in [2.45, 2.75) is 19.0 Å². The molecule has 2 N–H and O–H groups in total. The summed E-state index contributed by atoms with van der Waals surface area (Å²) in [4.78, 5) is 18.5. The van der Waals surface area contributed by atoms with Crippen LogP contribution in [0.4, 0.5) is 5.69 Å². The lowest BCUT2D eigenvalue weighted by Crippen LogP contribution is -2.44. The molecule has 1 aliphatic heterocycles. The number of ether oxygens (including phenoxy) is 3. The first kappa shape index (κ1) is 25.6. The summed E-state index contributed by atoms with van der Waals surface area (Å²) in [6.45, 7) is 2.35. The van der Waals surface area contributed by atoms with Crippen LogP contribution in [0.3, 0.4) is 0 Å². The highest BCUT2D eigenvalue weighted by Gasteiger charge is 2.25. The van der Waals surface area contributed by atoms with Gasteiger partial charge in [-0.3, -0.25) is 4.99 Å². The zero-order chi connectivity index (χ0) is 22.2. The molecule has 3 rings (SSSR count). The largest absolute Gasteiger partial charge is 0.496 e. The van der Waals surface area contributed by atoms with Gasteiger partial charge in [0.15, 0.2) is 5.96 Å². The van der Waals surface area contributed by atoms with Gasteiger partial charge in [-0.05, 0) is 36.2 Å². The molecular weight excluding hydrogens is 523 g/mol. The predicted octanol–water partition coefficient (Wildman–Crippen LogP) is 3.05. The van der Waals surface area contributed by atoms with Crippen molar-refractivity contribution in [3.8, 4) is 11.5 Å². The second-order valence-corrected chi connectivity index (χ2v) is 7.20. The van der Waals surface area contributed by atoms with Crippen LogP contribution < -0.4 is 25.0 Å². The maximum Gasteiger partial charge on any atom is 0.341 e. The molecule has 0 aromatic heterocycles. The van der Waals surface area contributed by atoms with Gasteiger partial charge in [0.1, 0.15) is 17.1 Å². The van der Waals surface area contributed by atoms with Crippen molar-refractivity contribution < 1.29 is 19.0 Å². The second kappa shape index (κ2) is 12.4. The molecule has 174 valence electrons. The van der Waals surface area contributed by atoms with Crippen molar-refractivity contribution >= 4 is 41.6 Å². The van der Waals surface area contributed by atoms with E-state index in [0.717, 1.165) is 42.5 Å². The Hall–Kier alpha value is -2.69. The fourth-order valence-corrected chi connectivity index (χ4v) is 3.69. The summed E-state index contributed by atoms with van der Waals surface area (Å²) in [6.07, 6.45) is 1.00. The van der Waals surface area contributed by atoms with Crippen LogP contribution >= 0.6 is 24.0 Å². The van der Waals surface area contributed by atoms with E-state index in [1.165, 1.54) is 14.2 Å². The molecule has 9 heteroatoms. The van der Waals surface area contributed by atoms with Gasteiger partial charge in [0.25, 0.3) is 0 Å². The minimum absolute atomic E-state index is 0. The molecule has 0 spiro atoms. The summed E-state index contributed by atoms with van der Waals surface area (Å²) in [5, 5.41) is 6.82. The molecule has 8 nitrogen and oxygen atoms in total. The number of carbonyl (C=O) groups excluding carboxylic acids is 1. The van der Waals surface area contributed by atoms with Gasteiger partial charge in [-0.1, -0.05) is 18.2 Å². The summed E-state index contributed by atoms with van der Waals surface area (Å²) in [7, 11) is 6.34. The highest BCUT2D eigenvalue weighted by atomic mass is 127. The first-order chi connectivity index (χ1) is 15.1. The van der Waals surface area contributed by atoms with E-state index < -0.39 is 5.97 Å². The number of methoxy groups -OCH3 is 3. The molecule has 1 heterocycles. The number of guanidine groups is 1. The lowest BCUT2D eigenvalue weighted by atomic mass is 10.1. The maximum atomic E-state index is 11.8. The van der Waals surface area contributed by atoms with E-state index in [2.05, 4.69) is 26.6 Å². The Balaban J connectivity index is 0.00000363. The minimum Gasteiger partial charge on any atom is -0.496 e. The van der Waals surface area contributed by atoms with Gasteiger partial charge in [-0.2, -0.15) is 0 Å². The number of aliphatic imine (C=N–C) groups is 1. The lowest BCUT2D eigenvalue weighted by Gasteiger charge is -2.22. The van der Waals surface area contributed by atoms with Crippen molar-refractivity contribution in [2.24, 2.45) is 4.99 Å². The van der Waals surface area contributed by atoms with E-state index in [1.54, 1.807) is 20.2 Å². The molecule has 1 fully saturated rings. The average molecular weight is 554 g/mol. The summed E-state index contributed by atoms with van der Waals surface area (Å²) in [5.41, 5.74) is 2.48. The van der Waals surface area contributed by atoms with Crippen molar-refractivity contribution in [1.82, 2.24) is 10.6 Å². The maximum absolute atomic E-state index is 11.8. The van der Waals surface area contributed by atoms with Gasteiger partial charge >= 0.3 is 5.97 Å². The summed E-state index contributed by atoms with van der Waals surface area (Å²) >= 11 is 0. The fraction of sp³-hybridized carbons (Fsp3) is 0.391. The van der Waals surface area contributed by atoms with E-state index in [0.29, 0.717) is 17.9 Å². The Labute approximate surface area is 206 Å². The zero-order valence-electron chi connectivity index (χ0n) is 18.9. The number of nitrogens with one attached hydrogen (secondary N) is 2. The third-order valence-corrected chi connectivity index (χ3v) is 5.31. The number of benzene rings is 2. The highest BCUT2D eigenvalue weighted by molar-refractivity contribution is 14.0. The third kappa shape index (κ3) is 6.18. The Morgan fingerprint density at radius 3 is 2.56 bits per heavy atom. The Morgan fingerprint density at radius 2 is 1.88 bits per heavy atom. The second-order valence-electron chi connectivity index (χ2n) is 7.20. The topological polar surface area (TPSA) is 84.4 Å². The molecule has 0 bridgehead atoms. The normalized spacial score (nSPS) is 15.6. The molecule has 0 aliphatic carbocycles. The number of rotatable bonds is 7. The Morgan fingerprint density at radius 1 is 1.12 bits per heavy atom. The monoisotopic (exact) mass is 554 g/mol. The standard InChI is InChI=1S/C23H30N4O4.HI/c1-24-23(25-14-16-9-10-18(22(28)31-4)21(13-16)30-3)26-17-11-12-27(15-17)19-7-5-6-8-20(19)29-2;/h5-10,13,17H,11-12,14-15H2,1-4H3,(H2,24,25,26);1H. The number of hydrogen-bond acceptors (Lipinski definition) is 6. The quantitative estimate of drug-likeness (QED) is 0.236. The highest BCUT2D eigenvalue weighted by Crippen LogP contribution is 2.30. The molecule has 2 aromatic carbocycles. The smallest absolute Gasteiger partial charge is 0.341 e. The summed E-state index contributed by atoms with van der Waals surface area (Å²) < 4.78 is 15.6. The first-order valence-electron chi connectivity index (χ1n) is 10.2. The molecule has 1 saturated heterocycles. The Bertz CT molecular complexity index is 938. The molecule has 0 radical (unpaired) electrons. The van der Waals surface area contributed by atoms with Gasteiger partial charge < -0.3 is 29.7 Å². The van der Waals surface area contributed by atoms with Crippen LogP contribution in [0.2, 0.25) is 0 Å². The van der Waals surface area contributed by atoms with E-state index in [4.69, 9.17) is 14.2 Å². The van der Waals surface area contributed by atoms with Crippen LogP contribution in [0.15, 0.2) is 47.5 Å². The van der Waals surface area contributed by atoms with Gasteiger partial charge in [0, 0.05) is 32.7 Å². The van der Waals surface area contributed by atoms with Gasteiger partial charge in [0.2, 0.25) is 0 Å². The Kier molecular flexibility index (Phi) is 9.89. The molecule has 0 saturated carbocycles. The number of esters is 1. The van der Waals surface area contributed by atoms with Gasteiger partial charge in [0.05, 0.1) is 27.0 Å². The molecule has 1 aliphatic rings. The number of hydrogen-bond donors (Lipinski definition) is 2. The van der Waals surface area contributed by atoms with Crippen molar-refractivity contribution in [3.05, 3.63) is 53.6 Å². The molecular formula is C23H31IN4O4. The van der Waals surface area contributed by atoms with Crippen LogP contribution in [0.1, 0.15) is 22.3 Å². The minimum atomic E-state index is -0.422. The van der Waals surface area contributed by atoms with E-state index >= 15 is 0 Å². The van der Waals surface area contributed by atoms with Gasteiger partial charge in [-0.15, -0.1) is 24.0 Å². The number of para-hydroxylation sites is 2. The third-order valence-electron chi connectivity index (χ3n) is 5.31. The van der Waals surface area contributed by atoms with Crippen LogP contribution in [-0.2, 0) is 11.3 Å². The number of halogens is 1. The lowest BCUT2D eigenvalue weighted by molar-refractivity contribution is 0.0597. The van der Waals surface area contributed by atoms with Crippen LogP contribution in [0, 0.1) is 0 Å². The van der Waals surface area contributed by atoms with E-state index in [-0.39, 0.29) is 30.0 Å². The molecule has 1 unspecified atom stereocenters. The van der Waals surface area contributed by atoms with Crippen LogP contribution in [0.5, 0.6) is 11.5 Å².